The molecule has 3 aromatic rings. The number of aromatic nitrogens is 1. The van der Waals surface area contributed by atoms with E-state index in [1.54, 1.807) is 6.26 Å². The van der Waals surface area contributed by atoms with Crippen LogP contribution < -0.4 is 0 Å². The third-order valence-corrected chi connectivity index (χ3v) is 2.97. The van der Waals surface area contributed by atoms with Gasteiger partial charge in [-0.15, -0.1) is 0 Å². The fourth-order valence-electron chi connectivity index (χ4n) is 1.82. The van der Waals surface area contributed by atoms with Gasteiger partial charge in [-0.2, -0.15) is 0 Å². The second-order valence-electron chi connectivity index (χ2n) is 4.22. The highest BCUT2D eigenvalue weighted by atomic mass is 16.4. The van der Waals surface area contributed by atoms with Crippen LogP contribution in [0.2, 0.25) is 0 Å². The third kappa shape index (κ3) is 1.84. The molecule has 2 aromatic heterocycles. The first kappa shape index (κ1) is 10.8. The average Bonchev–Trinajstić information content (AvgIpc) is 3.01. The number of hydrogen-bond acceptors (Lipinski definition) is 3. The summed E-state index contributed by atoms with van der Waals surface area (Å²) in [4.78, 5) is 4.38. The molecule has 0 fully saturated rings. The van der Waals surface area contributed by atoms with Gasteiger partial charge >= 0.3 is 0 Å². The van der Waals surface area contributed by atoms with Crippen molar-refractivity contribution in [3.63, 3.8) is 0 Å². The van der Waals surface area contributed by atoms with Crippen LogP contribution in [0.3, 0.4) is 0 Å². The Morgan fingerprint density at radius 2 is 1.67 bits per heavy atom. The molecule has 0 atom stereocenters. The molecule has 3 nitrogen and oxygen atoms in total. The van der Waals surface area contributed by atoms with Crippen molar-refractivity contribution in [3.8, 4) is 22.8 Å². The zero-order valence-electron chi connectivity index (χ0n) is 10.3. The summed E-state index contributed by atoms with van der Waals surface area (Å²) in [6.07, 6.45) is 1.67. The maximum Gasteiger partial charge on any atom is 0.226 e. The molecule has 0 aliphatic carbocycles. The highest BCUT2D eigenvalue weighted by molar-refractivity contribution is 5.63. The number of hydrogen-bond donors (Lipinski definition) is 0. The second-order valence-corrected chi connectivity index (χ2v) is 4.22. The van der Waals surface area contributed by atoms with Crippen molar-refractivity contribution in [2.75, 3.05) is 0 Å². The molecule has 0 N–H and O–H groups in total. The minimum atomic E-state index is 0.663. The topological polar surface area (TPSA) is 39.2 Å². The molecule has 3 rings (SSSR count). The van der Waals surface area contributed by atoms with Gasteiger partial charge in [-0.1, -0.05) is 12.1 Å². The lowest BCUT2D eigenvalue weighted by atomic mass is 10.1. The highest BCUT2D eigenvalue weighted by Gasteiger charge is 2.08. The Morgan fingerprint density at radius 1 is 0.944 bits per heavy atom. The van der Waals surface area contributed by atoms with Crippen LogP contribution in [0, 0.1) is 13.8 Å². The second kappa shape index (κ2) is 4.18. The van der Waals surface area contributed by atoms with Crippen molar-refractivity contribution in [2.45, 2.75) is 13.8 Å². The molecule has 3 heteroatoms. The van der Waals surface area contributed by atoms with Crippen molar-refractivity contribution in [3.05, 3.63) is 54.1 Å². The van der Waals surface area contributed by atoms with Crippen LogP contribution in [-0.2, 0) is 0 Å². The van der Waals surface area contributed by atoms with E-state index in [0.29, 0.717) is 5.89 Å². The van der Waals surface area contributed by atoms with Gasteiger partial charge in [-0.25, -0.2) is 4.98 Å². The Hall–Kier alpha value is -2.29. The third-order valence-electron chi connectivity index (χ3n) is 2.97. The fraction of sp³-hybridized carbons (Fsp3) is 0.133. The summed E-state index contributed by atoms with van der Waals surface area (Å²) in [7, 11) is 0. The van der Waals surface area contributed by atoms with Crippen molar-refractivity contribution in [1.82, 2.24) is 4.98 Å². The Balaban J connectivity index is 1.96. The van der Waals surface area contributed by atoms with E-state index in [-0.39, 0.29) is 0 Å². The molecule has 0 aliphatic heterocycles. The summed E-state index contributed by atoms with van der Waals surface area (Å²) >= 11 is 0. The van der Waals surface area contributed by atoms with E-state index in [9.17, 15) is 0 Å². The molecule has 0 spiro atoms. The van der Waals surface area contributed by atoms with Crippen molar-refractivity contribution in [2.24, 2.45) is 0 Å². The van der Waals surface area contributed by atoms with E-state index in [1.807, 2.05) is 50.2 Å². The molecule has 0 amide bonds. The van der Waals surface area contributed by atoms with Crippen molar-refractivity contribution < 1.29 is 8.83 Å². The molecule has 0 saturated carbocycles. The molecule has 1 aromatic carbocycles. The standard InChI is InChI=1S/C15H13NO2/c1-10-11(2)18-15(16-10)13-7-5-12(6-8-13)14-4-3-9-17-14/h3-9H,1-2H3. The van der Waals surface area contributed by atoms with Gasteiger partial charge in [0.2, 0.25) is 5.89 Å². The Morgan fingerprint density at radius 3 is 2.22 bits per heavy atom. The van der Waals surface area contributed by atoms with Gasteiger partial charge in [0, 0.05) is 11.1 Å². The number of nitrogens with zero attached hydrogens (tertiary/aromatic N) is 1. The summed E-state index contributed by atoms with van der Waals surface area (Å²) < 4.78 is 10.9. The Labute approximate surface area is 105 Å². The largest absolute Gasteiger partial charge is 0.464 e. The maximum atomic E-state index is 5.60. The van der Waals surface area contributed by atoms with Gasteiger partial charge in [-0.3, -0.25) is 0 Å². The van der Waals surface area contributed by atoms with E-state index in [0.717, 1.165) is 28.3 Å². The van der Waals surface area contributed by atoms with Gasteiger partial charge in [0.15, 0.2) is 0 Å². The monoisotopic (exact) mass is 239 g/mol. The summed E-state index contributed by atoms with van der Waals surface area (Å²) in [5.74, 6) is 2.39. The van der Waals surface area contributed by atoms with Crippen LogP contribution in [0.25, 0.3) is 22.8 Å². The zero-order chi connectivity index (χ0) is 12.5. The first-order valence-corrected chi connectivity index (χ1v) is 5.82. The SMILES string of the molecule is Cc1nc(-c2ccc(-c3ccco3)cc2)oc1C. The highest BCUT2D eigenvalue weighted by Crippen LogP contribution is 2.25. The smallest absolute Gasteiger partial charge is 0.226 e. The molecule has 2 heterocycles. The van der Waals surface area contributed by atoms with Crippen LogP contribution in [0.5, 0.6) is 0 Å². The lowest BCUT2D eigenvalue weighted by molar-refractivity contribution is 0.541. The van der Waals surface area contributed by atoms with E-state index >= 15 is 0 Å². The zero-order valence-corrected chi connectivity index (χ0v) is 10.3. The lowest BCUT2D eigenvalue weighted by Gasteiger charge is -1.98. The average molecular weight is 239 g/mol. The summed E-state index contributed by atoms with van der Waals surface area (Å²) in [5, 5.41) is 0. The van der Waals surface area contributed by atoms with Crippen LogP contribution >= 0.6 is 0 Å². The van der Waals surface area contributed by atoms with Gasteiger partial charge < -0.3 is 8.83 Å². The number of aryl methyl sites for hydroxylation is 2. The molecule has 0 bridgehead atoms. The summed E-state index contributed by atoms with van der Waals surface area (Å²) in [6.45, 7) is 3.86. The van der Waals surface area contributed by atoms with Gasteiger partial charge in [0.1, 0.15) is 11.5 Å². The van der Waals surface area contributed by atoms with Crippen LogP contribution in [0.1, 0.15) is 11.5 Å². The molecule has 0 radical (unpaired) electrons. The molecular weight excluding hydrogens is 226 g/mol. The maximum absolute atomic E-state index is 5.60. The fourth-order valence-corrected chi connectivity index (χ4v) is 1.82. The summed E-state index contributed by atoms with van der Waals surface area (Å²) in [5.41, 5.74) is 2.95. The molecule has 90 valence electrons. The van der Waals surface area contributed by atoms with Crippen LogP contribution in [-0.4, -0.2) is 4.98 Å². The minimum Gasteiger partial charge on any atom is -0.464 e. The van der Waals surface area contributed by atoms with Crippen LogP contribution in [0.15, 0.2) is 51.5 Å². The number of rotatable bonds is 2. The first-order chi connectivity index (χ1) is 8.74. The summed E-state index contributed by atoms with van der Waals surface area (Å²) in [6, 6.07) is 11.8. The van der Waals surface area contributed by atoms with E-state index < -0.39 is 0 Å². The van der Waals surface area contributed by atoms with Crippen molar-refractivity contribution >= 4 is 0 Å². The van der Waals surface area contributed by atoms with Gasteiger partial charge in [0.25, 0.3) is 0 Å². The minimum absolute atomic E-state index is 0.663. The van der Waals surface area contributed by atoms with E-state index in [1.165, 1.54) is 0 Å². The predicted molar refractivity (Wildman–Crippen MR) is 69.1 cm³/mol. The van der Waals surface area contributed by atoms with Crippen LogP contribution in [0.4, 0.5) is 0 Å². The number of benzene rings is 1. The molecule has 18 heavy (non-hydrogen) atoms. The molecule has 0 aliphatic rings. The Bertz CT molecular complexity index is 629. The first-order valence-electron chi connectivity index (χ1n) is 5.82. The van der Waals surface area contributed by atoms with Crippen molar-refractivity contribution in [1.29, 1.82) is 0 Å². The lowest BCUT2D eigenvalue weighted by Crippen LogP contribution is -1.79. The van der Waals surface area contributed by atoms with Gasteiger partial charge in [-0.05, 0) is 38.1 Å². The predicted octanol–water partition coefficient (Wildman–Crippen LogP) is 4.22. The molecule has 0 unspecified atom stereocenters. The van der Waals surface area contributed by atoms with Gasteiger partial charge in [0.05, 0.1) is 12.0 Å². The quantitative estimate of drug-likeness (QED) is 0.672. The molecule has 0 saturated heterocycles. The number of furan rings is 1. The normalized spacial score (nSPS) is 10.8. The Kier molecular flexibility index (Phi) is 2.52. The van der Waals surface area contributed by atoms with E-state index in [4.69, 9.17) is 8.83 Å². The van der Waals surface area contributed by atoms with E-state index in [2.05, 4.69) is 4.98 Å². The molecular formula is C15H13NO2. The number of oxazole rings is 1.